The van der Waals surface area contributed by atoms with Crippen LogP contribution in [0.5, 0.6) is 0 Å². The second-order valence-electron chi connectivity index (χ2n) is 6.09. The van der Waals surface area contributed by atoms with Crippen molar-refractivity contribution in [1.82, 2.24) is 0 Å². The van der Waals surface area contributed by atoms with Gasteiger partial charge in [0.15, 0.2) is 0 Å². The normalized spacial score (nSPS) is 13.2. The van der Waals surface area contributed by atoms with Crippen molar-refractivity contribution in [2.24, 2.45) is 0 Å². The summed E-state index contributed by atoms with van der Waals surface area (Å²) in [7, 11) is 0. The van der Waals surface area contributed by atoms with E-state index < -0.39 is 0 Å². The topological polar surface area (TPSA) is 34.1 Å². The third-order valence-electron chi connectivity index (χ3n) is 4.02. The smallest absolute Gasteiger partial charge is 0.142 e. The van der Waals surface area contributed by atoms with E-state index in [9.17, 15) is 9.59 Å². The molecule has 2 aromatic rings. The number of rotatable bonds is 6. The van der Waals surface area contributed by atoms with E-state index in [0.29, 0.717) is 0 Å². The molecule has 0 radical (unpaired) electrons. The van der Waals surface area contributed by atoms with Crippen LogP contribution in [0.15, 0.2) is 36.4 Å². The average molecular weight is 421 g/mol. The van der Waals surface area contributed by atoms with Crippen molar-refractivity contribution < 1.29 is 9.59 Å². The van der Waals surface area contributed by atoms with E-state index in [-0.39, 0.29) is 22.1 Å². The third-order valence-corrected chi connectivity index (χ3v) is 7.34. The van der Waals surface area contributed by atoms with Crippen LogP contribution in [0.2, 0.25) is 0 Å². The zero-order chi connectivity index (χ0) is 19.4. The number of fused-ring (bicyclic) bond motifs is 1. The van der Waals surface area contributed by atoms with Crippen LogP contribution in [0, 0.1) is 0 Å². The molecule has 26 heavy (non-hydrogen) atoms. The van der Waals surface area contributed by atoms with E-state index in [1.165, 1.54) is 23.5 Å². The lowest BCUT2D eigenvalue weighted by Crippen LogP contribution is -2.11. The zero-order valence-corrected chi connectivity index (χ0v) is 18.3. The van der Waals surface area contributed by atoms with Gasteiger partial charge in [-0.1, -0.05) is 48.7 Å². The van der Waals surface area contributed by atoms with Crippen LogP contribution in [0.1, 0.15) is 38.8 Å². The first-order chi connectivity index (χ1) is 12.2. The summed E-state index contributed by atoms with van der Waals surface area (Å²) < 4.78 is 1.44. The summed E-state index contributed by atoms with van der Waals surface area (Å²) in [6, 6.07) is 12.1. The summed E-state index contributed by atoms with van der Waals surface area (Å²) in [5.41, 5.74) is 1.89. The second kappa shape index (κ2) is 9.22. The van der Waals surface area contributed by atoms with Gasteiger partial charge in [0, 0.05) is 0 Å². The molecular weight excluding hydrogens is 400 g/mol. The highest BCUT2D eigenvalue weighted by Gasteiger charge is 2.15. The minimum Gasteiger partial charge on any atom is -0.299 e. The molecule has 0 heterocycles. The Morgan fingerprint density at radius 1 is 0.769 bits per heavy atom. The van der Waals surface area contributed by atoms with E-state index >= 15 is 0 Å². The molecule has 0 N–H and O–H groups in total. The Hall–Kier alpha value is -1.08. The predicted octanol–water partition coefficient (Wildman–Crippen LogP) is 5.61. The summed E-state index contributed by atoms with van der Waals surface area (Å²) in [5.74, 6) is 0.238. The molecule has 0 aliphatic rings. The molecule has 0 aliphatic heterocycles. The highest BCUT2D eigenvalue weighted by Crippen LogP contribution is 2.26. The molecule has 0 saturated heterocycles. The van der Waals surface area contributed by atoms with Gasteiger partial charge in [-0.05, 0) is 61.7 Å². The summed E-state index contributed by atoms with van der Waals surface area (Å²) in [4.78, 5) is 22.9. The minimum atomic E-state index is -0.141. The standard InChI is InChI=1S/C20H20O2S4/c1-11(21)13(3)25-19(23)17-7-5-16-10-18(8-6-15(16)9-17)20(24)26-14(4)12(2)22/h5-10,13-14H,1-4H3. The van der Waals surface area contributed by atoms with E-state index in [4.69, 9.17) is 24.4 Å². The van der Waals surface area contributed by atoms with Crippen molar-refractivity contribution in [2.45, 2.75) is 38.2 Å². The van der Waals surface area contributed by atoms with Gasteiger partial charge in [0.1, 0.15) is 11.6 Å². The molecule has 2 nitrogen and oxygen atoms in total. The van der Waals surface area contributed by atoms with Crippen LogP contribution in [-0.2, 0) is 9.59 Å². The van der Waals surface area contributed by atoms with Gasteiger partial charge < -0.3 is 0 Å². The number of carbonyl (C=O) groups excluding carboxylic acids is 2. The summed E-state index contributed by atoms with van der Waals surface area (Å²) in [6.07, 6.45) is 0. The van der Waals surface area contributed by atoms with E-state index in [1.54, 1.807) is 13.8 Å². The number of hydrogen-bond donors (Lipinski definition) is 0. The molecule has 136 valence electrons. The van der Waals surface area contributed by atoms with E-state index in [0.717, 1.165) is 30.3 Å². The minimum absolute atomic E-state index is 0.119. The Balaban J connectivity index is 2.22. The van der Waals surface area contributed by atoms with Crippen molar-refractivity contribution in [2.75, 3.05) is 0 Å². The molecular formula is C20H20O2S4. The Bertz CT molecular complexity index is 815. The third kappa shape index (κ3) is 5.46. The van der Waals surface area contributed by atoms with Gasteiger partial charge in [-0.15, -0.1) is 23.5 Å². The van der Waals surface area contributed by atoms with Gasteiger partial charge in [-0.3, -0.25) is 9.59 Å². The Labute approximate surface area is 173 Å². The number of thioether (sulfide) groups is 2. The van der Waals surface area contributed by atoms with E-state index in [2.05, 4.69) is 0 Å². The van der Waals surface area contributed by atoms with Crippen LogP contribution < -0.4 is 0 Å². The largest absolute Gasteiger partial charge is 0.299 e. The monoisotopic (exact) mass is 420 g/mol. The maximum Gasteiger partial charge on any atom is 0.142 e. The van der Waals surface area contributed by atoms with Crippen LogP contribution in [0.25, 0.3) is 10.8 Å². The zero-order valence-electron chi connectivity index (χ0n) is 15.1. The number of Topliss-reactive ketones (excluding diaryl/α,β-unsaturated/α-hetero) is 2. The molecule has 2 unspecified atom stereocenters. The first-order valence-electron chi connectivity index (χ1n) is 8.15. The van der Waals surface area contributed by atoms with Gasteiger partial charge in [0.2, 0.25) is 0 Å². The lowest BCUT2D eigenvalue weighted by Gasteiger charge is -2.11. The molecule has 0 saturated carbocycles. The molecule has 0 aliphatic carbocycles. The van der Waals surface area contributed by atoms with Crippen LogP contribution in [0.3, 0.4) is 0 Å². The van der Waals surface area contributed by atoms with E-state index in [1.807, 2.05) is 50.2 Å². The van der Waals surface area contributed by atoms with Crippen LogP contribution >= 0.6 is 48.0 Å². The first-order valence-corrected chi connectivity index (χ1v) is 10.7. The molecule has 0 amide bonds. The maximum absolute atomic E-state index is 11.4. The molecule has 0 bridgehead atoms. The Morgan fingerprint density at radius 2 is 1.12 bits per heavy atom. The number of thiocarbonyl (C=S) groups is 2. The number of benzene rings is 2. The molecule has 2 atom stereocenters. The fourth-order valence-corrected chi connectivity index (χ4v) is 4.74. The van der Waals surface area contributed by atoms with Gasteiger partial charge in [0.25, 0.3) is 0 Å². The fraction of sp³-hybridized carbons (Fsp3) is 0.300. The maximum atomic E-state index is 11.4. The van der Waals surface area contributed by atoms with Crippen LogP contribution in [0.4, 0.5) is 0 Å². The quantitative estimate of drug-likeness (QED) is 0.565. The number of hydrogen-bond acceptors (Lipinski definition) is 6. The molecule has 0 fully saturated rings. The summed E-state index contributed by atoms with van der Waals surface area (Å²) in [6.45, 7) is 6.90. The average Bonchev–Trinajstić information content (AvgIpc) is 2.60. The highest BCUT2D eigenvalue weighted by molar-refractivity contribution is 8.24. The molecule has 0 aromatic heterocycles. The molecule has 6 heteroatoms. The van der Waals surface area contributed by atoms with Gasteiger partial charge in [0.05, 0.1) is 18.9 Å². The van der Waals surface area contributed by atoms with Crippen molar-refractivity contribution in [1.29, 1.82) is 0 Å². The molecule has 2 rings (SSSR count). The fourth-order valence-electron chi connectivity index (χ4n) is 2.12. The van der Waals surface area contributed by atoms with Crippen molar-refractivity contribution in [3.05, 3.63) is 47.5 Å². The highest BCUT2D eigenvalue weighted by atomic mass is 32.2. The lowest BCUT2D eigenvalue weighted by atomic mass is 10.1. The SMILES string of the molecule is CC(=O)C(C)SC(=S)c1ccc2cc(C(=S)SC(C)C(C)=O)ccc2c1. The van der Waals surface area contributed by atoms with Crippen molar-refractivity contribution >= 4 is 78.7 Å². The Kier molecular flexibility index (Phi) is 7.52. The summed E-state index contributed by atoms with van der Waals surface area (Å²) in [5, 5.41) is 1.85. The lowest BCUT2D eigenvalue weighted by molar-refractivity contribution is -0.117. The van der Waals surface area contributed by atoms with Gasteiger partial charge in [-0.25, -0.2) is 0 Å². The Morgan fingerprint density at radius 3 is 1.42 bits per heavy atom. The summed E-state index contributed by atoms with van der Waals surface area (Å²) >= 11 is 13.8. The van der Waals surface area contributed by atoms with Crippen LogP contribution in [-0.4, -0.2) is 30.5 Å². The number of carbonyl (C=O) groups is 2. The second-order valence-corrected chi connectivity index (χ2v) is 10.1. The van der Waals surface area contributed by atoms with Gasteiger partial charge in [-0.2, -0.15) is 0 Å². The molecule has 2 aromatic carbocycles. The predicted molar refractivity (Wildman–Crippen MR) is 123 cm³/mol. The first kappa shape index (κ1) is 21.2. The van der Waals surface area contributed by atoms with Crippen molar-refractivity contribution in [3.8, 4) is 0 Å². The number of ketones is 2. The van der Waals surface area contributed by atoms with Crippen molar-refractivity contribution in [3.63, 3.8) is 0 Å². The van der Waals surface area contributed by atoms with Gasteiger partial charge >= 0.3 is 0 Å². The molecule has 0 spiro atoms.